The number of anilines is 1. The fraction of sp³-hybridized carbons (Fsp3) is 0.200. The first kappa shape index (κ1) is 18.0. The molecule has 30 heavy (non-hydrogen) atoms. The van der Waals surface area contributed by atoms with Gasteiger partial charge in [0, 0.05) is 18.8 Å². The van der Waals surface area contributed by atoms with Crippen molar-refractivity contribution in [3.63, 3.8) is 0 Å². The van der Waals surface area contributed by atoms with E-state index < -0.39 is 11.2 Å². The third kappa shape index (κ3) is 2.98. The van der Waals surface area contributed by atoms with Gasteiger partial charge in [-0.15, -0.1) is 0 Å². The number of H-pyrrole nitrogens is 2. The third-order valence-corrected chi connectivity index (χ3v) is 5.21. The molecule has 3 aromatic rings. The minimum atomic E-state index is -0.685. The van der Waals surface area contributed by atoms with E-state index in [1.165, 1.54) is 0 Å². The van der Waals surface area contributed by atoms with E-state index in [-0.39, 0.29) is 11.5 Å². The molecule has 10 heteroatoms. The van der Waals surface area contributed by atoms with E-state index in [0.717, 1.165) is 33.4 Å². The van der Waals surface area contributed by atoms with Crippen LogP contribution in [0.1, 0.15) is 11.1 Å². The Balaban J connectivity index is 1.57. The minimum Gasteiger partial charge on any atom is -0.383 e. The molecule has 0 amide bonds. The number of fused-ring (bicyclic) bond motifs is 3. The highest BCUT2D eigenvalue weighted by Crippen LogP contribution is 2.24. The van der Waals surface area contributed by atoms with Gasteiger partial charge in [-0.1, -0.05) is 0 Å². The van der Waals surface area contributed by atoms with Crippen molar-refractivity contribution in [3.05, 3.63) is 62.3 Å². The summed E-state index contributed by atoms with van der Waals surface area (Å²) in [4.78, 5) is 34.9. The summed E-state index contributed by atoms with van der Waals surface area (Å²) in [6.07, 6.45) is 0. The molecule has 0 spiro atoms. The fourth-order valence-corrected chi connectivity index (χ4v) is 3.54. The smallest absolute Gasteiger partial charge is 0.349 e. The van der Waals surface area contributed by atoms with Gasteiger partial charge >= 0.3 is 5.69 Å². The zero-order valence-corrected chi connectivity index (χ0v) is 16.4. The first-order valence-corrected chi connectivity index (χ1v) is 9.46. The molecule has 0 bridgehead atoms. The third-order valence-electron chi connectivity index (χ3n) is 5.21. The summed E-state index contributed by atoms with van der Waals surface area (Å²) in [5.74, 6) is 0.272. The SMILES string of the molecule is Cc1cc2nc3c(=O)[nH]c(=O)nc-3n(CCNc3ccc4n[nH]nc4c3)c2cc1C. The summed E-state index contributed by atoms with van der Waals surface area (Å²) < 4.78 is 1.86. The van der Waals surface area contributed by atoms with Crippen LogP contribution in [-0.2, 0) is 6.54 Å². The molecule has 10 nitrogen and oxygen atoms in total. The fourth-order valence-electron chi connectivity index (χ4n) is 3.54. The highest BCUT2D eigenvalue weighted by Gasteiger charge is 2.19. The van der Waals surface area contributed by atoms with Gasteiger partial charge in [-0.25, -0.2) is 9.78 Å². The summed E-state index contributed by atoms with van der Waals surface area (Å²) in [5.41, 5.74) is 5.03. The molecule has 0 aliphatic carbocycles. The Labute approximate surface area is 169 Å². The van der Waals surface area contributed by atoms with Gasteiger partial charge in [-0.3, -0.25) is 9.78 Å². The average Bonchev–Trinajstić information content (AvgIpc) is 3.17. The first-order valence-electron chi connectivity index (χ1n) is 9.46. The lowest BCUT2D eigenvalue weighted by Crippen LogP contribution is -2.29. The van der Waals surface area contributed by atoms with Crippen LogP contribution >= 0.6 is 0 Å². The van der Waals surface area contributed by atoms with E-state index in [1.807, 2.05) is 48.7 Å². The number of nitrogens with zero attached hydrogens (tertiary/aromatic N) is 5. The molecule has 5 rings (SSSR count). The lowest BCUT2D eigenvalue weighted by atomic mass is 10.1. The number of aromatic nitrogens is 7. The van der Waals surface area contributed by atoms with Gasteiger partial charge < -0.3 is 9.88 Å². The van der Waals surface area contributed by atoms with Crippen LogP contribution in [0.5, 0.6) is 0 Å². The number of rotatable bonds is 4. The lowest BCUT2D eigenvalue weighted by Gasteiger charge is -2.18. The summed E-state index contributed by atoms with van der Waals surface area (Å²) >= 11 is 0. The van der Waals surface area contributed by atoms with Crippen molar-refractivity contribution in [1.82, 2.24) is 34.9 Å². The molecular weight excluding hydrogens is 384 g/mol. The summed E-state index contributed by atoms with van der Waals surface area (Å²) in [6.45, 7) is 5.03. The van der Waals surface area contributed by atoms with Crippen LogP contribution in [-0.4, -0.2) is 41.5 Å². The van der Waals surface area contributed by atoms with Gasteiger partial charge in [0.15, 0.2) is 11.5 Å². The Bertz CT molecular complexity index is 1500. The largest absolute Gasteiger partial charge is 0.383 e. The first-order chi connectivity index (χ1) is 14.5. The second-order valence-electron chi connectivity index (χ2n) is 7.19. The maximum absolute atomic E-state index is 12.3. The van der Waals surface area contributed by atoms with Crippen LogP contribution < -0.4 is 16.6 Å². The van der Waals surface area contributed by atoms with Crippen LogP contribution in [0, 0.1) is 13.8 Å². The molecular formula is C20H18N8O2. The predicted octanol–water partition coefficient (Wildman–Crippen LogP) is 1.58. The average molecular weight is 402 g/mol. The standard InChI is InChI=1S/C20H18N8O2/c1-10-7-15-16(8-11(10)2)28(18-17(22-15)19(29)24-20(30)23-18)6-5-21-12-3-4-13-14(9-12)26-27-25-13/h3-4,7-9,21H,5-6H2,1-2H3,(H,24,29,30)(H,25,26,27). The van der Waals surface area contributed by atoms with Crippen LogP contribution in [0.4, 0.5) is 5.69 Å². The number of aryl methyl sites for hydroxylation is 2. The predicted molar refractivity (Wildman–Crippen MR) is 113 cm³/mol. The van der Waals surface area contributed by atoms with E-state index >= 15 is 0 Å². The Morgan fingerprint density at radius 1 is 0.967 bits per heavy atom. The Hall–Kier alpha value is -4.08. The highest BCUT2D eigenvalue weighted by molar-refractivity contribution is 5.81. The molecule has 0 saturated carbocycles. The van der Waals surface area contributed by atoms with Gasteiger partial charge in [-0.05, 0) is 55.3 Å². The molecule has 2 aliphatic heterocycles. The van der Waals surface area contributed by atoms with Gasteiger partial charge in [0.2, 0.25) is 0 Å². The Morgan fingerprint density at radius 2 is 1.77 bits per heavy atom. The molecule has 2 aromatic carbocycles. The quantitative estimate of drug-likeness (QED) is 0.389. The topological polar surface area (TPSA) is 134 Å². The normalized spacial score (nSPS) is 11.5. The van der Waals surface area contributed by atoms with Gasteiger partial charge in [0.25, 0.3) is 5.56 Å². The van der Waals surface area contributed by atoms with Gasteiger partial charge in [-0.2, -0.15) is 20.4 Å². The number of hydrogen-bond donors (Lipinski definition) is 3. The zero-order chi connectivity index (χ0) is 20.8. The maximum atomic E-state index is 12.3. The highest BCUT2D eigenvalue weighted by atomic mass is 16.2. The van der Waals surface area contributed by atoms with Gasteiger partial charge in [0.1, 0.15) is 11.0 Å². The molecule has 0 atom stereocenters. The van der Waals surface area contributed by atoms with Crippen molar-refractivity contribution in [2.45, 2.75) is 20.4 Å². The number of aromatic amines is 2. The van der Waals surface area contributed by atoms with Crippen LogP contribution in [0.25, 0.3) is 33.6 Å². The molecule has 1 aromatic heterocycles. The summed E-state index contributed by atoms with van der Waals surface area (Å²) in [5, 5.41) is 14.1. The van der Waals surface area contributed by atoms with E-state index in [0.29, 0.717) is 18.6 Å². The van der Waals surface area contributed by atoms with Crippen molar-refractivity contribution in [2.24, 2.45) is 0 Å². The summed E-state index contributed by atoms with van der Waals surface area (Å²) in [6, 6.07) is 9.65. The molecule has 0 unspecified atom stereocenters. The van der Waals surface area contributed by atoms with Crippen LogP contribution in [0.2, 0.25) is 0 Å². The van der Waals surface area contributed by atoms with Crippen molar-refractivity contribution in [3.8, 4) is 11.5 Å². The zero-order valence-electron chi connectivity index (χ0n) is 16.4. The molecule has 0 fully saturated rings. The Morgan fingerprint density at radius 3 is 2.63 bits per heavy atom. The van der Waals surface area contributed by atoms with E-state index in [9.17, 15) is 9.59 Å². The summed E-state index contributed by atoms with van der Waals surface area (Å²) in [7, 11) is 0. The molecule has 150 valence electrons. The maximum Gasteiger partial charge on any atom is 0.349 e. The van der Waals surface area contributed by atoms with Gasteiger partial charge in [0.05, 0.1) is 11.0 Å². The van der Waals surface area contributed by atoms with E-state index in [2.05, 4.69) is 35.7 Å². The number of hydrogen-bond acceptors (Lipinski definition) is 7. The van der Waals surface area contributed by atoms with Crippen molar-refractivity contribution in [2.75, 3.05) is 11.9 Å². The molecule has 2 aliphatic rings. The molecule has 3 N–H and O–H groups in total. The minimum absolute atomic E-state index is 0.148. The second-order valence-corrected chi connectivity index (χ2v) is 7.19. The molecule has 0 saturated heterocycles. The van der Waals surface area contributed by atoms with E-state index in [1.54, 1.807) is 0 Å². The van der Waals surface area contributed by atoms with Crippen molar-refractivity contribution in [1.29, 1.82) is 0 Å². The Kier molecular flexibility index (Phi) is 4.05. The van der Waals surface area contributed by atoms with Crippen LogP contribution in [0.3, 0.4) is 0 Å². The second kappa shape index (κ2) is 6.76. The monoisotopic (exact) mass is 402 g/mol. The number of nitrogens with one attached hydrogen (secondary N) is 3. The molecule has 3 heterocycles. The van der Waals surface area contributed by atoms with Crippen LogP contribution in [0.15, 0.2) is 39.9 Å². The number of benzene rings is 2. The van der Waals surface area contributed by atoms with Crippen molar-refractivity contribution >= 4 is 27.8 Å². The lowest BCUT2D eigenvalue weighted by molar-refractivity contribution is 0.729. The van der Waals surface area contributed by atoms with E-state index in [4.69, 9.17) is 0 Å². The molecule has 0 radical (unpaired) electrons. The van der Waals surface area contributed by atoms with Crippen molar-refractivity contribution < 1.29 is 0 Å².